The molecule has 0 spiro atoms. The van der Waals surface area contributed by atoms with Gasteiger partial charge in [-0.15, -0.1) is 24.0 Å². The first-order valence-electron chi connectivity index (χ1n) is 7.26. The van der Waals surface area contributed by atoms with E-state index in [1.807, 2.05) is 6.92 Å². The van der Waals surface area contributed by atoms with Crippen LogP contribution >= 0.6 is 24.0 Å². The van der Waals surface area contributed by atoms with E-state index in [4.69, 9.17) is 0 Å². The van der Waals surface area contributed by atoms with Gasteiger partial charge in [0, 0.05) is 31.1 Å². The molecule has 0 atom stereocenters. The number of hydrogen-bond donors (Lipinski definition) is 3. The number of amides is 1. The number of carbonyl (C=O) groups excluding carboxylic acids is 1. The fourth-order valence-electron chi connectivity index (χ4n) is 1.62. The van der Waals surface area contributed by atoms with Crippen molar-refractivity contribution < 1.29 is 4.79 Å². The van der Waals surface area contributed by atoms with Crippen molar-refractivity contribution in [2.75, 3.05) is 13.1 Å². The molecule has 0 aliphatic heterocycles. The van der Waals surface area contributed by atoms with Crippen LogP contribution in [0.3, 0.4) is 0 Å². The van der Waals surface area contributed by atoms with Crippen LogP contribution in [0, 0.1) is 0 Å². The summed E-state index contributed by atoms with van der Waals surface area (Å²) in [7, 11) is 0. The summed E-state index contributed by atoms with van der Waals surface area (Å²) in [4.78, 5) is 16.0. The molecule has 0 saturated heterocycles. The first-order valence-corrected chi connectivity index (χ1v) is 7.26. The minimum Gasteiger partial charge on any atom is -0.357 e. The summed E-state index contributed by atoms with van der Waals surface area (Å²) in [5.74, 6) is 0.976. The quantitative estimate of drug-likeness (QED) is 0.279. The van der Waals surface area contributed by atoms with Crippen molar-refractivity contribution in [2.24, 2.45) is 4.99 Å². The first kappa shape index (κ1) is 19.5. The number of nitrogens with zero attached hydrogens (tertiary/aromatic N) is 1. The van der Waals surface area contributed by atoms with Crippen molar-refractivity contribution in [3.63, 3.8) is 0 Å². The Hall–Kier alpha value is -0.530. The Morgan fingerprint density at radius 3 is 2.45 bits per heavy atom. The molecular formula is C14H29IN4O. The summed E-state index contributed by atoms with van der Waals surface area (Å²) in [5, 5.41) is 9.52. The Labute approximate surface area is 139 Å². The third-order valence-electron chi connectivity index (χ3n) is 2.61. The standard InChI is InChI=1S/C14H28N4O.HI/c1-5-15-13(18-14(2,3)4)16-10-6-7-12(19)17-11-8-9-11;/h11H,5-10H2,1-4H3,(H,17,19)(H2,15,16,18);1H. The van der Waals surface area contributed by atoms with Crippen LogP contribution in [0.5, 0.6) is 0 Å². The van der Waals surface area contributed by atoms with Crippen molar-refractivity contribution in [1.29, 1.82) is 0 Å². The maximum absolute atomic E-state index is 11.5. The predicted octanol–water partition coefficient (Wildman–Crippen LogP) is 2.02. The average Bonchev–Trinajstić information content (AvgIpc) is 3.06. The number of guanidine groups is 1. The molecule has 1 rings (SSSR count). The van der Waals surface area contributed by atoms with Crippen LogP contribution in [0.1, 0.15) is 53.4 Å². The highest BCUT2D eigenvalue weighted by Crippen LogP contribution is 2.18. The molecule has 1 saturated carbocycles. The lowest BCUT2D eigenvalue weighted by molar-refractivity contribution is -0.121. The molecule has 1 aliphatic carbocycles. The normalized spacial score (nSPS) is 15.3. The van der Waals surface area contributed by atoms with Gasteiger partial charge in [0.15, 0.2) is 5.96 Å². The summed E-state index contributed by atoms with van der Waals surface area (Å²) in [5.41, 5.74) is -0.00957. The van der Waals surface area contributed by atoms with Crippen molar-refractivity contribution in [2.45, 2.75) is 65.0 Å². The van der Waals surface area contributed by atoms with Crippen molar-refractivity contribution in [3.8, 4) is 0 Å². The topological polar surface area (TPSA) is 65.5 Å². The van der Waals surface area contributed by atoms with E-state index < -0.39 is 0 Å². The number of carbonyl (C=O) groups is 1. The van der Waals surface area contributed by atoms with E-state index in [0.29, 0.717) is 19.0 Å². The van der Waals surface area contributed by atoms with Crippen molar-refractivity contribution >= 4 is 35.8 Å². The second-order valence-electron chi connectivity index (χ2n) is 6.08. The van der Waals surface area contributed by atoms with Crippen LogP contribution < -0.4 is 16.0 Å². The van der Waals surface area contributed by atoms with E-state index in [1.165, 1.54) is 0 Å². The van der Waals surface area contributed by atoms with Crippen LogP contribution in [-0.4, -0.2) is 36.5 Å². The highest BCUT2D eigenvalue weighted by atomic mass is 127. The monoisotopic (exact) mass is 396 g/mol. The van der Waals surface area contributed by atoms with Crippen LogP contribution in [0.25, 0.3) is 0 Å². The molecule has 0 heterocycles. The maximum Gasteiger partial charge on any atom is 0.220 e. The van der Waals surface area contributed by atoms with Gasteiger partial charge >= 0.3 is 0 Å². The second-order valence-corrected chi connectivity index (χ2v) is 6.08. The number of rotatable bonds is 6. The Kier molecular flexibility index (Phi) is 9.16. The summed E-state index contributed by atoms with van der Waals surface area (Å²) in [6.07, 6.45) is 3.64. The van der Waals surface area contributed by atoms with Gasteiger partial charge < -0.3 is 16.0 Å². The Morgan fingerprint density at radius 1 is 1.30 bits per heavy atom. The minimum absolute atomic E-state index is 0. The third-order valence-corrected chi connectivity index (χ3v) is 2.61. The van der Waals surface area contributed by atoms with E-state index in [1.54, 1.807) is 0 Å². The second kappa shape index (κ2) is 9.41. The fraction of sp³-hybridized carbons (Fsp3) is 0.857. The van der Waals surface area contributed by atoms with Gasteiger partial charge in [0.25, 0.3) is 0 Å². The van der Waals surface area contributed by atoms with E-state index in [9.17, 15) is 4.79 Å². The lowest BCUT2D eigenvalue weighted by Crippen LogP contribution is -2.47. The van der Waals surface area contributed by atoms with Crippen LogP contribution in [0.15, 0.2) is 4.99 Å². The highest BCUT2D eigenvalue weighted by molar-refractivity contribution is 14.0. The maximum atomic E-state index is 11.5. The van der Waals surface area contributed by atoms with Crippen molar-refractivity contribution in [3.05, 3.63) is 0 Å². The molecule has 118 valence electrons. The molecule has 1 amide bonds. The SMILES string of the molecule is CCNC(=NCCCC(=O)NC1CC1)NC(C)(C)C.I. The molecule has 1 aliphatic rings. The summed E-state index contributed by atoms with van der Waals surface area (Å²) >= 11 is 0. The van der Waals surface area contributed by atoms with E-state index in [2.05, 4.69) is 41.7 Å². The lowest BCUT2D eigenvalue weighted by Gasteiger charge is -2.23. The molecule has 3 N–H and O–H groups in total. The van der Waals surface area contributed by atoms with Crippen LogP contribution in [0.4, 0.5) is 0 Å². The van der Waals surface area contributed by atoms with E-state index in [-0.39, 0.29) is 35.4 Å². The van der Waals surface area contributed by atoms with E-state index >= 15 is 0 Å². The Bertz CT molecular complexity index is 322. The molecular weight excluding hydrogens is 367 g/mol. The fourth-order valence-corrected chi connectivity index (χ4v) is 1.62. The third kappa shape index (κ3) is 10.3. The van der Waals surface area contributed by atoms with Gasteiger partial charge in [-0.2, -0.15) is 0 Å². The van der Waals surface area contributed by atoms with Crippen LogP contribution in [0.2, 0.25) is 0 Å². The zero-order chi connectivity index (χ0) is 14.3. The summed E-state index contributed by atoms with van der Waals surface area (Å²) in [6.45, 7) is 9.85. The molecule has 6 heteroatoms. The number of nitrogens with one attached hydrogen (secondary N) is 3. The lowest BCUT2D eigenvalue weighted by atomic mass is 10.1. The van der Waals surface area contributed by atoms with Gasteiger partial charge in [0.05, 0.1) is 0 Å². The van der Waals surface area contributed by atoms with Crippen LogP contribution in [-0.2, 0) is 4.79 Å². The van der Waals surface area contributed by atoms with Gasteiger partial charge in [-0.25, -0.2) is 0 Å². The van der Waals surface area contributed by atoms with Gasteiger partial charge in [-0.1, -0.05) is 0 Å². The summed E-state index contributed by atoms with van der Waals surface area (Å²) < 4.78 is 0. The molecule has 0 radical (unpaired) electrons. The average molecular weight is 396 g/mol. The van der Waals surface area contributed by atoms with Crippen molar-refractivity contribution in [1.82, 2.24) is 16.0 Å². The highest BCUT2D eigenvalue weighted by Gasteiger charge is 2.22. The molecule has 0 aromatic carbocycles. The first-order chi connectivity index (χ1) is 8.90. The largest absolute Gasteiger partial charge is 0.357 e. The number of hydrogen-bond acceptors (Lipinski definition) is 2. The zero-order valence-electron chi connectivity index (χ0n) is 13.1. The predicted molar refractivity (Wildman–Crippen MR) is 94.7 cm³/mol. The van der Waals surface area contributed by atoms with Gasteiger partial charge in [0.1, 0.15) is 0 Å². The Morgan fingerprint density at radius 2 is 1.95 bits per heavy atom. The molecule has 1 fully saturated rings. The van der Waals surface area contributed by atoms with Gasteiger partial charge in [-0.3, -0.25) is 9.79 Å². The van der Waals surface area contributed by atoms with Gasteiger partial charge in [-0.05, 0) is 47.0 Å². The number of aliphatic imine (C=N–C) groups is 1. The van der Waals surface area contributed by atoms with Gasteiger partial charge in [0.2, 0.25) is 5.91 Å². The number of halogens is 1. The molecule has 0 bridgehead atoms. The van der Waals surface area contributed by atoms with E-state index in [0.717, 1.165) is 31.8 Å². The minimum atomic E-state index is -0.00957. The molecule has 0 aromatic rings. The molecule has 5 nitrogen and oxygen atoms in total. The molecule has 0 unspecified atom stereocenters. The Balaban J connectivity index is 0.00000361. The molecule has 0 aromatic heterocycles. The zero-order valence-corrected chi connectivity index (χ0v) is 15.4. The smallest absolute Gasteiger partial charge is 0.220 e. The summed E-state index contributed by atoms with van der Waals surface area (Å²) in [6, 6.07) is 0.455. The molecule has 20 heavy (non-hydrogen) atoms.